The highest BCUT2D eigenvalue weighted by molar-refractivity contribution is 6.06. The fraction of sp³-hybridized carbons (Fsp3) is 0.455. The summed E-state index contributed by atoms with van der Waals surface area (Å²) >= 11 is 0. The monoisotopic (exact) mass is 383 g/mol. The molecule has 2 aliphatic carbocycles. The molecule has 0 bridgehead atoms. The highest BCUT2D eigenvalue weighted by Crippen LogP contribution is 2.30. The van der Waals surface area contributed by atoms with Gasteiger partial charge >= 0.3 is 0 Å². The van der Waals surface area contributed by atoms with Crippen molar-refractivity contribution < 1.29 is 13.6 Å². The number of nitrogens with zero attached hydrogens (tertiary/aromatic N) is 1. The molecule has 1 saturated carbocycles. The Balaban J connectivity index is 1.54. The molecule has 0 spiro atoms. The molecule has 0 saturated heterocycles. The Bertz CT molecular complexity index is 880. The number of amides is 1. The molecule has 1 aromatic carbocycles. The maximum absolute atomic E-state index is 13.1. The first-order valence-corrected chi connectivity index (χ1v) is 10.1. The molecule has 0 aliphatic heterocycles. The smallest absolute Gasteiger partial charge is 0.287 e. The van der Waals surface area contributed by atoms with Gasteiger partial charge in [-0.25, -0.2) is 4.39 Å². The summed E-state index contributed by atoms with van der Waals surface area (Å²) < 4.78 is 19.0. The van der Waals surface area contributed by atoms with Crippen molar-refractivity contribution in [3.63, 3.8) is 0 Å². The minimum atomic E-state index is -0.280. The summed E-state index contributed by atoms with van der Waals surface area (Å²) in [5, 5.41) is 7.67. The zero-order chi connectivity index (χ0) is 19.5. The van der Waals surface area contributed by atoms with Crippen LogP contribution in [-0.2, 0) is 6.42 Å². The Labute approximate surface area is 164 Å². The molecule has 2 aromatic rings. The molecule has 1 aromatic heterocycles. The van der Waals surface area contributed by atoms with E-state index in [9.17, 15) is 9.18 Å². The largest absolute Gasteiger partial charge is 0.455 e. The van der Waals surface area contributed by atoms with Gasteiger partial charge in [0.05, 0.1) is 11.4 Å². The van der Waals surface area contributed by atoms with Crippen molar-refractivity contribution in [1.82, 2.24) is 5.32 Å². The van der Waals surface area contributed by atoms with Gasteiger partial charge in [0.15, 0.2) is 5.76 Å². The van der Waals surface area contributed by atoms with Gasteiger partial charge in [-0.3, -0.25) is 10.2 Å². The molecule has 0 unspecified atom stereocenters. The summed E-state index contributed by atoms with van der Waals surface area (Å²) in [4.78, 5) is 12.8. The van der Waals surface area contributed by atoms with E-state index in [-0.39, 0.29) is 17.8 Å². The number of anilines is 1. The van der Waals surface area contributed by atoms with Gasteiger partial charge in [-0.15, -0.1) is 0 Å². The Kier molecular flexibility index (Phi) is 5.46. The third kappa shape index (κ3) is 3.96. The number of fused-ring (bicyclic) bond motifs is 1. The topological polar surface area (TPSA) is 66.6 Å². The second kappa shape index (κ2) is 8.17. The van der Waals surface area contributed by atoms with E-state index >= 15 is 0 Å². The van der Waals surface area contributed by atoms with Crippen molar-refractivity contribution in [3.05, 3.63) is 52.7 Å². The first kappa shape index (κ1) is 18.7. The van der Waals surface area contributed by atoms with E-state index in [0.29, 0.717) is 5.76 Å². The van der Waals surface area contributed by atoms with Crippen LogP contribution >= 0.6 is 0 Å². The van der Waals surface area contributed by atoms with Crippen molar-refractivity contribution in [3.8, 4) is 0 Å². The van der Waals surface area contributed by atoms with Gasteiger partial charge < -0.3 is 9.73 Å². The fourth-order valence-electron chi connectivity index (χ4n) is 4.15. The molecule has 1 fully saturated rings. The molecule has 6 heteroatoms. The van der Waals surface area contributed by atoms with Gasteiger partial charge in [0.25, 0.3) is 5.91 Å². The fourth-order valence-corrected chi connectivity index (χ4v) is 4.15. The summed E-state index contributed by atoms with van der Waals surface area (Å²) in [6.07, 6.45) is 8.22. The minimum absolute atomic E-state index is 0.121. The maximum atomic E-state index is 13.1. The van der Waals surface area contributed by atoms with Crippen LogP contribution in [0.1, 0.15) is 72.4 Å². The number of hydrogen-bond acceptors (Lipinski definition) is 4. The third-order valence-corrected chi connectivity index (χ3v) is 5.64. The normalized spacial score (nSPS) is 18.7. The summed E-state index contributed by atoms with van der Waals surface area (Å²) in [6.45, 7) is 1.93. The SMILES string of the molecule is Cc1c(C(=O)NC2CCCCC2)oc2c1/C(=N/Nc1ccc(F)cc1)CCC2. The lowest BCUT2D eigenvalue weighted by atomic mass is 9.93. The number of furan rings is 1. The number of hydrogen-bond donors (Lipinski definition) is 2. The first-order chi connectivity index (χ1) is 13.6. The lowest BCUT2D eigenvalue weighted by molar-refractivity contribution is 0.0897. The van der Waals surface area contributed by atoms with Crippen LogP contribution in [0.2, 0.25) is 0 Å². The molecule has 148 valence electrons. The highest BCUT2D eigenvalue weighted by atomic mass is 19.1. The van der Waals surface area contributed by atoms with Gasteiger partial charge in [-0.2, -0.15) is 5.10 Å². The molecule has 2 aliphatic rings. The van der Waals surface area contributed by atoms with Crippen LogP contribution in [0.3, 0.4) is 0 Å². The van der Waals surface area contributed by atoms with Crippen molar-refractivity contribution >= 4 is 17.3 Å². The number of carbonyl (C=O) groups excluding carboxylic acids is 1. The van der Waals surface area contributed by atoms with Crippen LogP contribution in [0.25, 0.3) is 0 Å². The maximum Gasteiger partial charge on any atom is 0.287 e. The van der Waals surface area contributed by atoms with Gasteiger partial charge in [0.2, 0.25) is 0 Å². The lowest BCUT2D eigenvalue weighted by Gasteiger charge is -2.22. The second-order valence-electron chi connectivity index (χ2n) is 7.69. The van der Waals surface area contributed by atoms with E-state index in [1.165, 1.54) is 31.4 Å². The Morgan fingerprint density at radius 1 is 1.11 bits per heavy atom. The van der Waals surface area contributed by atoms with Crippen molar-refractivity contribution in [1.29, 1.82) is 0 Å². The average molecular weight is 383 g/mol. The molecular formula is C22H26FN3O2. The van der Waals surface area contributed by atoms with Crippen LogP contribution in [0.4, 0.5) is 10.1 Å². The number of carbonyl (C=O) groups is 1. The van der Waals surface area contributed by atoms with Crippen LogP contribution in [0.15, 0.2) is 33.8 Å². The Morgan fingerprint density at radius 3 is 2.61 bits per heavy atom. The number of benzene rings is 1. The quantitative estimate of drug-likeness (QED) is 0.735. The Hall–Kier alpha value is -2.63. The van der Waals surface area contributed by atoms with Crippen LogP contribution < -0.4 is 10.7 Å². The number of hydrazone groups is 1. The number of halogens is 1. The number of aryl methyl sites for hydroxylation is 1. The molecule has 2 N–H and O–H groups in total. The molecular weight excluding hydrogens is 357 g/mol. The summed E-state index contributed by atoms with van der Waals surface area (Å²) in [7, 11) is 0. The molecule has 5 nitrogen and oxygen atoms in total. The summed E-state index contributed by atoms with van der Waals surface area (Å²) in [6, 6.07) is 6.33. The van der Waals surface area contributed by atoms with Gasteiger partial charge in [0.1, 0.15) is 11.6 Å². The molecule has 1 heterocycles. The number of nitrogens with one attached hydrogen (secondary N) is 2. The van der Waals surface area contributed by atoms with Crippen LogP contribution in [-0.4, -0.2) is 17.7 Å². The van der Waals surface area contributed by atoms with E-state index in [0.717, 1.165) is 60.4 Å². The first-order valence-electron chi connectivity index (χ1n) is 10.1. The third-order valence-electron chi connectivity index (χ3n) is 5.64. The van der Waals surface area contributed by atoms with E-state index in [2.05, 4.69) is 15.8 Å². The zero-order valence-corrected chi connectivity index (χ0v) is 16.2. The molecule has 0 atom stereocenters. The second-order valence-corrected chi connectivity index (χ2v) is 7.69. The van der Waals surface area contributed by atoms with E-state index in [1.54, 1.807) is 12.1 Å². The van der Waals surface area contributed by atoms with Crippen molar-refractivity contribution in [2.24, 2.45) is 5.10 Å². The van der Waals surface area contributed by atoms with Gasteiger partial charge in [-0.1, -0.05) is 19.3 Å². The highest BCUT2D eigenvalue weighted by Gasteiger charge is 2.29. The van der Waals surface area contributed by atoms with Crippen molar-refractivity contribution in [2.75, 3.05) is 5.43 Å². The predicted octanol–water partition coefficient (Wildman–Crippen LogP) is 4.94. The van der Waals surface area contributed by atoms with E-state index in [4.69, 9.17) is 4.42 Å². The number of rotatable bonds is 4. The van der Waals surface area contributed by atoms with Gasteiger partial charge in [0, 0.05) is 23.6 Å². The molecule has 4 rings (SSSR count). The molecule has 1 amide bonds. The minimum Gasteiger partial charge on any atom is -0.455 e. The average Bonchev–Trinajstić information content (AvgIpc) is 3.06. The predicted molar refractivity (Wildman–Crippen MR) is 107 cm³/mol. The zero-order valence-electron chi connectivity index (χ0n) is 16.2. The standard InChI is InChI=1S/C22H26FN3O2/c1-14-20-18(26-25-17-12-10-15(23)11-13-17)8-5-9-19(20)28-21(14)22(27)24-16-6-3-2-4-7-16/h10-13,16,25H,2-9H2,1H3,(H,24,27)/b26-18+. The lowest BCUT2D eigenvalue weighted by Crippen LogP contribution is -2.36. The molecule has 28 heavy (non-hydrogen) atoms. The van der Waals surface area contributed by atoms with Crippen molar-refractivity contribution in [2.45, 2.75) is 64.3 Å². The van der Waals surface area contributed by atoms with Crippen LogP contribution in [0, 0.1) is 12.7 Å². The van der Waals surface area contributed by atoms with Crippen LogP contribution in [0.5, 0.6) is 0 Å². The van der Waals surface area contributed by atoms with Gasteiger partial charge in [-0.05, 0) is 56.9 Å². The summed E-state index contributed by atoms with van der Waals surface area (Å²) in [5.41, 5.74) is 6.38. The Morgan fingerprint density at radius 2 is 1.86 bits per heavy atom. The summed E-state index contributed by atoms with van der Waals surface area (Å²) in [5.74, 6) is 0.839. The molecule has 0 radical (unpaired) electrons. The van der Waals surface area contributed by atoms with E-state index in [1.807, 2.05) is 6.92 Å². The van der Waals surface area contributed by atoms with E-state index < -0.39 is 0 Å².